The molecule has 2 aliphatic rings. The maximum absolute atomic E-state index is 13.0. The van der Waals surface area contributed by atoms with Crippen LogP contribution in [0.5, 0.6) is 0 Å². The molecule has 0 radical (unpaired) electrons. The number of sulfonamides is 1. The van der Waals surface area contributed by atoms with Crippen molar-refractivity contribution < 1.29 is 17.9 Å². The van der Waals surface area contributed by atoms with Crippen molar-refractivity contribution in [2.75, 3.05) is 26.7 Å². The molecule has 1 saturated carbocycles. The first-order valence-corrected chi connectivity index (χ1v) is 10.3. The molecule has 0 bridgehead atoms. The third-order valence-corrected chi connectivity index (χ3v) is 6.99. The third-order valence-electron chi connectivity index (χ3n) is 4.81. The van der Waals surface area contributed by atoms with Crippen molar-refractivity contribution in [1.82, 2.24) is 9.62 Å². The van der Waals surface area contributed by atoms with Gasteiger partial charge < -0.3 is 10.1 Å². The standard InChI is InChI=1S/C17H23ClN2O4S/c1-24-17(21)15-5-4-13(18)10-16(15)25(22,23)20-8-6-14(7-9-20)19-11-12-2-3-12/h4-5,10,12,14,19H,2-3,6-9,11H2,1H3. The number of hydrogen-bond acceptors (Lipinski definition) is 5. The molecule has 1 aliphatic heterocycles. The first-order valence-electron chi connectivity index (χ1n) is 8.53. The van der Waals surface area contributed by atoms with Gasteiger partial charge >= 0.3 is 5.97 Å². The monoisotopic (exact) mass is 386 g/mol. The third kappa shape index (κ3) is 4.34. The van der Waals surface area contributed by atoms with E-state index in [1.807, 2.05) is 0 Å². The molecule has 1 aliphatic carbocycles. The van der Waals surface area contributed by atoms with Gasteiger partial charge in [0.25, 0.3) is 0 Å². The van der Waals surface area contributed by atoms with E-state index in [9.17, 15) is 13.2 Å². The van der Waals surface area contributed by atoms with E-state index in [0.717, 1.165) is 25.3 Å². The highest BCUT2D eigenvalue weighted by atomic mass is 35.5. The summed E-state index contributed by atoms with van der Waals surface area (Å²) in [6.07, 6.45) is 4.12. The number of carbonyl (C=O) groups excluding carboxylic acids is 1. The van der Waals surface area contributed by atoms with Crippen LogP contribution in [0.15, 0.2) is 23.1 Å². The van der Waals surface area contributed by atoms with Gasteiger partial charge in [0, 0.05) is 24.2 Å². The Morgan fingerprint density at radius 3 is 2.56 bits per heavy atom. The molecule has 1 aromatic rings. The lowest BCUT2D eigenvalue weighted by Gasteiger charge is -2.32. The number of esters is 1. The minimum absolute atomic E-state index is 0.0147. The molecule has 2 fully saturated rings. The molecule has 0 atom stereocenters. The summed E-state index contributed by atoms with van der Waals surface area (Å²) in [5.41, 5.74) is 0.0147. The molecule has 0 unspecified atom stereocenters. The minimum Gasteiger partial charge on any atom is -0.465 e. The van der Waals surface area contributed by atoms with Crippen LogP contribution < -0.4 is 5.32 Å². The number of piperidine rings is 1. The fourth-order valence-corrected chi connectivity index (χ4v) is 4.99. The summed E-state index contributed by atoms with van der Waals surface area (Å²) in [7, 11) is -2.57. The Hall–Kier alpha value is -1.15. The number of methoxy groups -OCH3 is 1. The van der Waals surface area contributed by atoms with Crippen molar-refractivity contribution in [3.05, 3.63) is 28.8 Å². The van der Waals surface area contributed by atoms with Gasteiger partial charge in [0.15, 0.2) is 0 Å². The van der Waals surface area contributed by atoms with Crippen LogP contribution in [-0.2, 0) is 14.8 Å². The molecule has 6 nitrogen and oxygen atoms in total. The second kappa shape index (κ2) is 7.61. The second-order valence-electron chi connectivity index (χ2n) is 6.66. The molecule has 1 aromatic carbocycles. The van der Waals surface area contributed by atoms with Crippen LogP contribution in [0.25, 0.3) is 0 Å². The lowest BCUT2D eigenvalue weighted by atomic mass is 10.1. The number of nitrogens with zero attached hydrogens (tertiary/aromatic N) is 1. The Morgan fingerprint density at radius 1 is 1.28 bits per heavy atom. The first kappa shape index (κ1) is 18.6. The fourth-order valence-electron chi connectivity index (χ4n) is 3.08. The molecule has 138 valence electrons. The quantitative estimate of drug-likeness (QED) is 0.759. The van der Waals surface area contributed by atoms with E-state index >= 15 is 0 Å². The van der Waals surface area contributed by atoms with E-state index in [-0.39, 0.29) is 15.5 Å². The molecular formula is C17H23ClN2O4S. The van der Waals surface area contributed by atoms with Gasteiger partial charge in [0.1, 0.15) is 0 Å². The number of benzene rings is 1. The molecule has 0 amide bonds. The summed E-state index contributed by atoms with van der Waals surface area (Å²) in [5, 5.41) is 3.80. The molecule has 3 rings (SSSR count). The zero-order valence-electron chi connectivity index (χ0n) is 14.2. The maximum atomic E-state index is 13.0. The summed E-state index contributed by atoms with van der Waals surface area (Å²) in [4.78, 5) is 11.8. The number of halogens is 1. The highest BCUT2D eigenvalue weighted by Gasteiger charge is 2.33. The minimum atomic E-state index is -3.79. The zero-order valence-corrected chi connectivity index (χ0v) is 15.8. The van der Waals surface area contributed by atoms with E-state index in [0.29, 0.717) is 19.1 Å². The summed E-state index contributed by atoms with van der Waals surface area (Å²) < 4.78 is 32.1. The number of nitrogens with one attached hydrogen (secondary N) is 1. The van der Waals surface area contributed by atoms with Gasteiger partial charge in [-0.05, 0) is 56.3 Å². The van der Waals surface area contributed by atoms with Crippen LogP contribution in [0, 0.1) is 5.92 Å². The predicted octanol–water partition coefficient (Wildman–Crippen LogP) is 2.28. The Bertz CT molecular complexity index is 741. The Labute approximate surface area is 153 Å². The molecule has 1 N–H and O–H groups in total. The molecule has 1 heterocycles. The van der Waals surface area contributed by atoms with E-state index in [1.165, 1.54) is 42.5 Å². The number of carbonyl (C=O) groups is 1. The summed E-state index contributed by atoms with van der Waals surface area (Å²) >= 11 is 5.96. The smallest absolute Gasteiger partial charge is 0.339 e. The van der Waals surface area contributed by atoms with Crippen LogP contribution in [-0.4, -0.2) is 51.5 Å². The van der Waals surface area contributed by atoms with Crippen molar-refractivity contribution in [2.45, 2.75) is 36.6 Å². The van der Waals surface area contributed by atoms with Crippen molar-refractivity contribution >= 4 is 27.6 Å². The molecule has 25 heavy (non-hydrogen) atoms. The van der Waals surface area contributed by atoms with E-state index < -0.39 is 16.0 Å². The van der Waals surface area contributed by atoms with Gasteiger partial charge in [0.05, 0.1) is 17.6 Å². The van der Waals surface area contributed by atoms with E-state index in [4.69, 9.17) is 16.3 Å². The van der Waals surface area contributed by atoms with Gasteiger partial charge in [-0.1, -0.05) is 11.6 Å². The van der Waals surface area contributed by atoms with Gasteiger partial charge in [-0.15, -0.1) is 0 Å². The molecule has 1 saturated heterocycles. The Kier molecular flexibility index (Phi) is 5.68. The summed E-state index contributed by atoms with van der Waals surface area (Å²) in [5.74, 6) is 0.118. The van der Waals surface area contributed by atoms with Crippen molar-refractivity contribution in [3.8, 4) is 0 Å². The van der Waals surface area contributed by atoms with Crippen LogP contribution in [0.4, 0.5) is 0 Å². The lowest BCUT2D eigenvalue weighted by Crippen LogP contribution is -2.45. The van der Waals surface area contributed by atoms with Crippen molar-refractivity contribution in [1.29, 1.82) is 0 Å². The zero-order chi connectivity index (χ0) is 18.0. The first-order chi connectivity index (χ1) is 11.9. The highest BCUT2D eigenvalue weighted by molar-refractivity contribution is 7.89. The lowest BCUT2D eigenvalue weighted by molar-refractivity contribution is 0.0596. The predicted molar refractivity (Wildman–Crippen MR) is 95.3 cm³/mol. The van der Waals surface area contributed by atoms with Crippen LogP contribution in [0.3, 0.4) is 0 Å². The highest BCUT2D eigenvalue weighted by Crippen LogP contribution is 2.29. The second-order valence-corrected chi connectivity index (χ2v) is 9.00. The molecule has 8 heteroatoms. The van der Waals surface area contributed by atoms with Gasteiger partial charge in [-0.2, -0.15) is 4.31 Å². The van der Waals surface area contributed by atoms with Gasteiger partial charge in [0.2, 0.25) is 10.0 Å². The topological polar surface area (TPSA) is 75.7 Å². The van der Waals surface area contributed by atoms with E-state index in [2.05, 4.69) is 5.32 Å². The molecule has 0 aromatic heterocycles. The average Bonchev–Trinajstić information content (AvgIpc) is 3.44. The number of rotatable bonds is 6. The summed E-state index contributed by atoms with van der Waals surface area (Å²) in [6.45, 7) is 1.88. The van der Waals surface area contributed by atoms with Crippen molar-refractivity contribution in [3.63, 3.8) is 0 Å². The fraction of sp³-hybridized carbons (Fsp3) is 0.588. The van der Waals surface area contributed by atoms with Gasteiger partial charge in [-0.25, -0.2) is 13.2 Å². The molecule has 0 spiro atoms. The Balaban J connectivity index is 1.73. The SMILES string of the molecule is COC(=O)c1ccc(Cl)cc1S(=O)(=O)N1CCC(NCC2CC2)CC1. The van der Waals surface area contributed by atoms with Crippen molar-refractivity contribution in [2.24, 2.45) is 5.92 Å². The van der Waals surface area contributed by atoms with Crippen LogP contribution in [0.2, 0.25) is 5.02 Å². The number of ether oxygens (including phenoxy) is 1. The van der Waals surface area contributed by atoms with Crippen LogP contribution in [0.1, 0.15) is 36.0 Å². The molecular weight excluding hydrogens is 364 g/mol. The normalized spacial score (nSPS) is 19.8. The Morgan fingerprint density at radius 2 is 1.96 bits per heavy atom. The van der Waals surface area contributed by atoms with Gasteiger partial charge in [-0.3, -0.25) is 0 Å². The average molecular weight is 387 g/mol. The largest absolute Gasteiger partial charge is 0.465 e. The van der Waals surface area contributed by atoms with Crippen LogP contribution >= 0.6 is 11.6 Å². The summed E-state index contributed by atoms with van der Waals surface area (Å²) in [6, 6.07) is 4.55. The maximum Gasteiger partial charge on any atom is 0.339 e. The van der Waals surface area contributed by atoms with E-state index in [1.54, 1.807) is 0 Å². The number of hydrogen-bond donors (Lipinski definition) is 1.